The normalized spacial score (nSPS) is 17.4. The van der Waals surface area contributed by atoms with Crippen molar-refractivity contribution in [2.45, 2.75) is 32.6 Å². The largest absolute Gasteiger partial charge is 0.492 e. The SMILES string of the molecule is c1ccc2c(c1)CCN(Cc1ccc3c(c1)CN(Cc1nccs1)CCO3)C2. The number of aromatic nitrogens is 1. The number of rotatable bonds is 4. The van der Waals surface area contributed by atoms with E-state index in [2.05, 4.69) is 57.2 Å². The minimum atomic E-state index is 0.737. The smallest absolute Gasteiger partial charge is 0.123 e. The minimum Gasteiger partial charge on any atom is -0.492 e. The molecule has 0 aliphatic carbocycles. The highest BCUT2D eigenvalue weighted by Gasteiger charge is 2.19. The molecule has 28 heavy (non-hydrogen) atoms. The van der Waals surface area contributed by atoms with Gasteiger partial charge in [0.05, 0.1) is 6.54 Å². The first-order valence-electron chi connectivity index (χ1n) is 9.98. The van der Waals surface area contributed by atoms with Crippen LogP contribution in [-0.2, 0) is 32.6 Å². The van der Waals surface area contributed by atoms with Crippen molar-refractivity contribution < 1.29 is 4.74 Å². The van der Waals surface area contributed by atoms with Gasteiger partial charge in [-0.3, -0.25) is 9.80 Å². The maximum Gasteiger partial charge on any atom is 0.123 e. The van der Waals surface area contributed by atoms with Crippen molar-refractivity contribution in [1.82, 2.24) is 14.8 Å². The molecule has 1 aromatic heterocycles. The predicted octanol–water partition coefficient (Wildman–Crippen LogP) is 4.10. The second-order valence-electron chi connectivity index (χ2n) is 7.66. The Hall–Kier alpha value is -2.21. The van der Waals surface area contributed by atoms with Crippen LogP contribution < -0.4 is 4.74 Å². The lowest BCUT2D eigenvalue weighted by molar-refractivity contribution is 0.219. The Morgan fingerprint density at radius 2 is 1.79 bits per heavy atom. The Morgan fingerprint density at radius 3 is 2.68 bits per heavy atom. The first-order valence-corrected chi connectivity index (χ1v) is 10.9. The fourth-order valence-corrected chi connectivity index (χ4v) is 4.86. The van der Waals surface area contributed by atoms with Gasteiger partial charge in [-0.25, -0.2) is 4.98 Å². The van der Waals surface area contributed by atoms with Crippen molar-refractivity contribution in [2.24, 2.45) is 0 Å². The highest BCUT2D eigenvalue weighted by Crippen LogP contribution is 2.27. The van der Waals surface area contributed by atoms with Gasteiger partial charge in [-0.1, -0.05) is 30.3 Å². The number of ether oxygens (including phenoxy) is 1. The first kappa shape index (κ1) is 17.9. The Morgan fingerprint density at radius 1 is 0.929 bits per heavy atom. The van der Waals surface area contributed by atoms with Crippen molar-refractivity contribution >= 4 is 11.3 Å². The van der Waals surface area contributed by atoms with Gasteiger partial charge in [-0.15, -0.1) is 11.3 Å². The van der Waals surface area contributed by atoms with Crippen LogP contribution in [0, 0.1) is 0 Å². The lowest BCUT2D eigenvalue weighted by atomic mass is 9.99. The second-order valence-corrected chi connectivity index (χ2v) is 8.64. The van der Waals surface area contributed by atoms with E-state index in [0.717, 1.165) is 58.0 Å². The molecule has 0 atom stereocenters. The molecule has 0 bridgehead atoms. The lowest BCUT2D eigenvalue weighted by Crippen LogP contribution is -2.30. The van der Waals surface area contributed by atoms with Gasteiger partial charge in [0.15, 0.2) is 0 Å². The van der Waals surface area contributed by atoms with E-state index in [4.69, 9.17) is 4.74 Å². The molecule has 0 saturated heterocycles. The first-order chi connectivity index (χ1) is 13.8. The van der Waals surface area contributed by atoms with Crippen LogP contribution in [0.15, 0.2) is 54.0 Å². The summed E-state index contributed by atoms with van der Waals surface area (Å²) in [5.74, 6) is 1.04. The molecule has 5 rings (SSSR count). The highest BCUT2D eigenvalue weighted by atomic mass is 32.1. The summed E-state index contributed by atoms with van der Waals surface area (Å²) in [5.41, 5.74) is 5.65. The fraction of sp³-hybridized carbons (Fsp3) is 0.348. The van der Waals surface area contributed by atoms with Crippen LogP contribution in [-0.4, -0.2) is 34.5 Å². The summed E-state index contributed by atoms with van der Waals surface area (Å²) in [6.07, 6.45) is 3.03. The van der Waals surface area contributed by atoms with Crippen LogP contribution >= 0.6 is 11.3 Å². The molecule has 4 nitrogen and oxygen atoms in total. The molecule has 2 aliphatic rings. The average Bonchev–Trinajstić information content (AvgIpc) is 3.14. The van der Waals surface area contributed by atoms with Crippen LogP contribution in [0.3, 0.4) is 0 Å². The maximum atomic E-state index is 6.02. The van der Waals surface area contributed by atoms with Gasteiger partial charge < -0.3 is 4.74 Å². The van der Waals surface area contributed by atoms with Gasteiger partial charge in [0.2, 0.25) is 0 Å². The van der Waals surface area contributed by atoms with Crippen LogP contribution in [0.25, 0.3) is 0 Å². The van der Waals surface area contributed by atoms with E-state index >= 15 is 0 Å². The number of hydrogen-bond donors (Lipinski definition) is 0. The van der Waals surface area contributed by atoms with E-state index in [1.54, 1.807) is 11.3 Å². The zero-order valence-electron chi connectivity index (χ0n) is 16.0. The van der Waals surface area contributed by atoms with Crippen molar-refractivity contribution in [2.75, 3.05) is 19.7 Å². The van der Waals surface area contributed by atoms with Gasteiger partial charge in [0.25, 0.3) is 0 Å². The van der Waals surface area contributed by atoms with E-state index in [-0.39, 0.29) is 0 Å². The highest BCUT2D eigenvalue weighted by molar-refractivity contribution is 7.09. The molecule has 0 radical (unpaired) electrons. The van der Waals surface area contributed by atoms with Crippen LogP contribution in [0.2, 0.25) is 0 Å². The molecule has 2 aromatic carbocycles. The van der Waals surface area contributed by atoms with Gasteiger partial charge in [0, 0.05) is 49.9 Å². The quantitative estimate of drug-likeness (QED) is 0.670. The molecule has 3 aromatic rings. The Labute approximate surface area is 170 Å². The number of fused-ring (bicyclic) bond motifs is 2. The third-order valence-corrected chi connectivity index (χ3v) is 6.41. The van der Waals surface area contributed by atoms with Gasteiger partial charge in [-0.05, 0) is 35.2 Å². The van der Waals surface area contributed by atoms with Gasteiger partial charge in [0.1, 0.15) is 17.4 Å². The van der Waals surface area contributed by atoms with Gasteiger partial charge in [-0.2, -0.15) is 0 Å². The summed E-state index contributed by atoms with van der Waals surface area (Å²) >= 11 is 1.73. The van der Waals surface area contributed by atoms with Crippen LogP contribution in [0.4, 0.5) is 0 Å². The third-order valence-electron chi connectivity index (χ3n) is 5.64. The Kier molecular flexibility index (Phi) is 5.12. The molecule has 0 fully saturated rings. The molecule has 0 saturated carbocycles. The topological polar surface area (TPSA) is 28.6 Å². The Balaban J connectivity index is 1.29. The summed E-state index contributed by atoms with van der Waals surface area (Å²) in [4.78, 5) is 9.43. The van der Waals surface area contributed by atoms with E-state index in [1.165, 1.54) is 27.3 Å². The molecule has 0 N–H and O–H groups in total. The monoisotopic (exact) mass is 391 g/mol. The summed E-state index contributed by atoms with van der Waals surface area (Å²) in [6.45, 7) is 6.65. The molecule has 0 spiro atoms. The minimum absolute atomic E-state index is 0.737. The van der Waals surface area contributed by atoms with E-state index in [9.17, 15) is 0 Å². The summed E-state index contributed by atoms with van der Waals surface area (Å²) < 4.78 is 6.02. The fourth-order valence-electron chi connectivity index (χ4n) is 4.20. The molecule has 0 unspecified atom stereocenters. The van der Waals surface area contributed by atoms with Gasteiger partial charge >= 0.3 is 0 Å². The maximum absolute atomic E-state index is 6.02. The number of benzene rings is 2. The van der Waals surface area contributed by atoms with Crippen molar-refractivity contribution in [3.8, 4) is 5.75 Å². The van der Waals surface area contributed by atoms with Crippen molar-refractivity contribution in [1.29, 1.82) is 0 Å². The van der Waals surface area contributed by atoms with E-state index < -0.39 is 0 Å². The standard InChI is InChI=1S/C23H25N3OS/c1-2-4-20-15-25(9-7-19(20)3-1)14-18-5-6-22-21(13-18)16-26(10-11-27-22)17-23-24-8-12-28-23/h1-6,8,12-13H,7,9-11,14-17H2. The van der Waals surface area contributed by atoms with Crippen LogP contribution in [0.5, 0.6) is 5.75 Å². The Bertz CT molecular complexity index is 941. The molecular weight excluding hydrogens is 366 g/mol. The molecule has 3 heterocycles. The molecule has 144 valence electrons. The molecule has 5 heteroatoms. The zero-order valence-corrected chi connectivity index (χ0v) is 16.8. The molecule has 0 amide bonds. The average molecular weight is 392 g/mol. The van der Waals surface area contributed by atoms with Crippen LogP contribution in [0.1, 0.15) is 27.3 Å². The third kappa shape index (κ3) is 3.97. The number of nitrogens with zero attached hydrogens (tertiary/aromatic N) is 3. The summed E-state index contributed by atoms with van der Waals surface area (Å²) in [5, 5.41) is 3.22. The van der Waals surface area contributed by atoms with E-state index in [1.807, 2.05) is 11.6 Å². The summed E-state index contributed by atoms with van der Waals surface area (Å²) in [6, 6.07) is 15.6. The number of hydrogen-bond acceptors (Lipinski definition) is 5. The zero-order chi connectivity index (χ0) is 18.8. The van der Waals surface area contributed by atoms with Crippen molar-refractivity contribution in [3.05, 3.63) is 81.3 Å². The predicted molar refractivity (Wildman–Crippen MR) is 112 cm³/mol. The second kappa shape index (κ2) is 8.03. The lowest BCUT2D eigenvalue weighted by Gasteiger charge is -2.29. The van der Waals surface area contributed by atoms with E-state index in [0.29, 0.717) is 0 Å². The molecule has 2 aliphatic heterocycles. The van der Waals surface area contributed by atoms with Crippen molar-refractivity contribution in [3.63, 3.8) is 0 Å². The number of thiazole rings is 1. The molecular formula is C23H25N3OS. The summed E-state index contributed by atoms with van der Waals surface area (Å²) in [7, 11) is 0.